The molecular formula is C26H20N4O3. The number of methoxy groups -OCH3 is 1. The van der Waals surface area contributed by atoms with Crippen LogP contribution in [0, 0.1) is 0 Å². The van der Waals surface area contributed by atoms with Crippen molar-refractivity contribution >= 4 is 17.4 Å². The Hall–Kier alpha value is -4.65. The van der Waals surface area contributed by atoms with Crippen LogP contribution in [-0.4, -0.2) is 27.4 Å². The second kappa shape index (κ2) is 8.84. The lowest BCUT2D eigenvalue weighted by molar-refractivity contribution is 0.102. The van der Waals surface area contributed by atoms with Crippen LogP contribution >= 0.6 is 0 Å². The van der Waals surface area contributed by atoms with Gasteiger partial charge in [-0.05, 0) is 60.7 Å². The van der Waals surface area contributed by atoms with E-state index in [0.29, 0.717) is 28.7 Å². The van der Waals surface area contributed by atoms with E-state index in [1.54, 1.807) is 43.6 Å². The van der Waals surface area contributed by atoms with Gasteiger partial charge in [0, 0.05) is 29.6 Å². The van der Waals surface area contributed by atoms with Crippen LogP contribution in [0.5, 0.6) is 17.4 Å². The fraction of sp³-hybridized carbons (Fsp3) is 0.0385. The van der Waals surface area contributed by atoms with Gasteiger partial charge in [-0.3, -0.25) is 9.20 Å². The molecule has 0 bridgehead atoms. The predicted molar refractivity (Wildman–Crippen MR) is 126 cm³/mol. The summed E-state index contributed by atoms with van der Waals surface area (Å²) >= 11 is 0. The number of pyridine rings is 2. The van der Waals surface area contributed by atoms with Crippen LogP contribution in [0.2, 0.25) is 0 Å². The minimum atomic E-state index is -0.276. The number of nitrogens with zero attached hydrogens (tertiary/aromatic N) is 3. The Morgan fingerprint density at radius 2 is 1.76 bits per heavy atom. The minimum absolute atomic E-state index is 0.276. The third kappa shape index (κ3) is 4.24. The standard InChI is InChI=1S/C26H20N4O3/c1-32-20-13-11-18(12-14-20)24-25(30-16-5-3-9-22(30)28-24)29-26(31)19-7-6-8-21(17-19)33-23-10-2-4-15-27-23/h2-17H,1H3,(H,29,31). The third-order valence-electron chi connectivity index (χ3n) is 5.08. The van der Waals surface area contributed by atoms with Crippen LogP contribution in [0.15, 0.2) is 97.3 Å². The number of carbonyl (C=O) groups is 1. The highest BCUT2D eigenvalue weighted by Crippen LogP contribution is 2.30. The fourth-order valence-electron chi connectivity index (χ4n) is 3.47. The van der Waals surface area contributed by atoms with E-state index in [2.05, 4.69) is 10.3 Å². The summed E-state index contributed by atoms with van der Waals surface area (Å²) in [4.78, 5) is 22.1. The van der Waals surface area contributed by atoms with Gasteiger partial charge in [0.05, 0.1) is 7.11 Å². The summed E-state index contributed by atoms with van der Waals surface area (Å²) in [7, 11) is 1.62. The number of aromatic nitrogens is 3. The van der Waals surface area contributed by atoms with Crippen molar-refractivity contribution in [3.63, 3.8) is 0 Å². The Balaban J connectivity index is 1.47. The smallest absolute Gasteiger partial charge is 0.256 e. The monoisotopic (exact) mass is 436 g/mol. The van der Waals surface area contributed by atoms with E-state index < -0.39 is 0 Å². The summed E-state index contributed by atoms with van der Waals surface area (Å²) < 4.78 is 12.9. The van der Waals surface area contributed by atoms with E-state index in [1.807, 2.05) is 65.2 Å². The molecule has 162 valence electrons. The highest BCUT2D eigenvalue weighted by atomic mass is 16.5. The number of nitrogens with one attached hydrogen (secondary N) is 1. The molecular weight excluding hydrogens is 416 g/mol. The van der Waals surface area contributed by atoms with Crippen molar-refractivity contribution in [1.29, 1.82) is 0 Å². The van der Waals surface area contributed by atoms with Gasteiger partial charge >= 0.3 is 0 Å². The topological polar surface area (TPSA) is 77.8 Å². The molecule has 1 N–H and O–H groups in total. The van der Waals surface area contributed by atoms with Crippen molar-refractivity contribution in [1.82, 2.24) is 14.4 Å². The Morgan fingerprint density at radius 1 is 0.909 bits per heavy atom. The van der Waals surface area contributed by atoms with Gasteiger partial charge in [-0.2, -0.15) is 0 Å². The summed E-state index contributed by atoms with van der Waals surface area (Å²) in [5.74, 6) is 2.03. The van der Waals surface area contributed by atoms with E-state index in [1.165, 1.54) is 0 Å². The zero-order valence-electron chi connectivity index (χ0n) is 17.8. The van der Waals surface area contributed by atoms with E-state index in [-0.39, 0.29) is 5.91 Å². The first-order chi connectivity index (χ1) is 16.2. The second-order valence-corrected chi connectivity index (χ2v) is 7.22. The van der Waals surface area contributed by atoms with Crippen molar-refractivity contribution in [2.45, 2.75) is 0 Å². The molecule has 5 rings (SSSR count). The molecule has 0 aliphatic rings. The molecule has 7 heteroatoms. The molecule has 7 nitrogen and oxygen atoms in total. The molecule has 0 fully saturated rings. The van der Waals surface area contributed by atoms with Crippen LogP contribution < -0.4 is 14.8 Å². The normalized spacial score (nSPS) is 10.7. The molecule has 2 aromatic carbocycles. The van der Waals surface area contributed by atoms with E-state index in [4.69, 9.17) is 14.5 Å². The zero-order chi connectivity index (χ0) is 22.6. The summed E-state index contributed by atoms with van der Waals surface area (Å²) in [6, 6.07) is 25.6. The van der Waals surface area contributed by atoms with Crippen LogP contribution in [0.4, 0.5) is 5.82 Å². The summed E-state index contributed by atoms with van der Waals surface area (Å²) in [6.45, 7) is 0. The molecule has 5 aromatic rings. The molecule has 0 saturated carbocycles. The van der Waals surface area contributed by atoms with Crippen LogP contribution in [0.25, 0.3) is 16.9 Å². The first-order valence-electron chi connectivity index (χ1n) is 10.3. The van der Waals surface area contributed by atoms with Gasteiger partial charge in [0.25, 0.3) is 5.91 Å². The minimum Gasteiger partial charge on any atom is -0.497 e. The van der Waals surface area contributed by atoms with Gasteiger partial charge in [0.2, 0.25) is 5.88 Å². The Bertz CT molecular complexity index is 1410. The molecule has 0 atom stereocenters. The third-order valence-corrected chi connectivity index (χ3v) is 5.08. The molecule has 0 radical (unpaired) electrons. The zero-order valence-corrected chi connectivity index (χ0v) is 17.8. The average molecular weight is 436 g/mol. The number of rotatable bonds is 6. The van der Waals surface area contributed by atoms with Crippen LogP contribution in [0.3, 0.4) is 0 Å². The van der Waals surface area contributed by atoms with Gasteiger partial charge in [-0.1, -0.05) is 18.2 Å². The lowest BCUT2D eigenvalue weighted by Gasteiger charge is -2.10. The van der Waals surface area contributed by atoms with Gasteiger partial charge in [-0.15, -0.1) is 0 Å². The largest absolute Gasteiger partial charge is 0.497 e. The molecule has 0 spiro atoms. The van der Waals surface area contributed by atoms with Gasteiger partial charge in [-0.25, -0.2) is 9.97 Å². The molecule has 1 amide bonds. The van der Waals surface area contributed by atoms with Crippen LogP contribution in [-0.2, 0) is 0 Å². The maximum atomic E-state index is 13.2. The quantitative estimate of drug-likeness (QED) is 0.383. The molecule has 33 heavy (non-hydrogen) atoms. The van der Waals surface area contributed by atoms with Gasteiger partial charge < -0.3 is 14.8 Å². The molecule has 3 heterocycles. The molecule has 0 aliphatic heterocycles. The van der Waals surface area contributed by atoms with Crippen molar-refractivity contribution in [3.05, 3.63) is 103 Å². The SMILES string of the molecule is COc1ccc(-c2nc3ccccn3c2NC(=O)c2cccc(Oc3ccccn3)c2)cc1. The number of benzene rings is 2. The summed E-state index contributed by atoms with van der Waals surface area (Å²) in [6.07, 6.45) is 3.52. The molecule has 0 unspecified atom stereocenters. The highest BCUT2D eigenvalue weighted by molar-refractivity contribution is 6.06. The van der Waals surface area contributed by atoms with E-state index in [0.717, 1.165) is 17.0 Å². The number of carbonyl (C=O) groups excluding carboxylic acids is 1. The van der Waals surface area contributed by atoms with Crippen molar-refractivity contribution in [2.75, 3.05) is 12.4 Å². The number of imidazole rings is 1. The van der Waals surface area contributed by atoms with Crippen molar-refractivity contribution in [2.24, 2.45) is 0 Å². The Morgan fingerprint density at radius 3 is 2.55 bits per heavy atom. The number of fused-ring (bicyclic) bond motifs is 1. The number of anilines is 1. The first-order valence-corrected chi connectivity index (χ1v) is 10.3. The number of hydrogen-bond donors (Lipinski definition) is 1. The van der Waals surface area contributed by atoms with Crippen LogP contribution in [0.1, 0.15) is 10.4 Å². The van der Waals surface area contributed by atoms with Gasteiger partial charge in [0.1, 0.15) is 28.7 Å². The first kappa shape index (κ1) is 20.3. The van der Waals surface area contributed by atoms with Crippen molar-refractivity contribution in [3.8, 4) is 28.6 Å². The maximum absolute atomic E-state index is 13.2. The molecule has 0 saturated heterocycles. The predicted octanol–water partition coefficient (Wildman–Crippen LogP) is 5.45. The number of hydrogen-bond acceptors (Lipinski definition) is 5. The maximum Gasteiger partial charge on any atom is 0.256 e. The number of amides is 1. The molecule has 0 aliphatic carbocycles. The summed E-state index contributed by atoms with van der Waals surface area (Å²) in [5, 5.41) is 3.03. The fourth-order valence-corrected chi connectivity index (χ4v) is 3.47. The highest BCUT2D eigenvalue weighted by Gasteiger charge is 2.18. The molecule has 3 aromatic heterocycles. The van der Waals surface area contributed by atoms with E-state index in [9.17, 15) is 4.79 Å². The average Bonchev–Trinajstić information content (AvgIpc) is 3.23. The lowest BCUT2D eigenvalue weighted by Crippen LogP contribution is -2.14. The number of ether oxygens (including phenoxy) is 2. The Kier molecular flexibility index (Phi) is 5.43. The van der Waals surface area contributed by atoms with E-state index >= 15 is 0 Å². The Labute approximate surface area is 190 Å². The second-order valence-electron chi connectivity index (χ2n) is 7.22. The van der Waals surface area contributed by atoms with Crippen molar-refractivity contribution < 1.29 is 14.3 Å². The van der Waals surface area contributed by atoms with Gasteiger partial charge in [0.15, 0.2) is 0 Å². The lowest BCUT2D eigenvalue weighted by atomic mass is 10.1. The summed E-state index contributed by atoms with van der Waals surface area (Å²) in [5.41, 5.74) is 2.71.